The summed E-state index contributed by atoms with van der Waals surface area (Å²) in [5.41, 5.74) is 15.0. The van der Waals surface area contributed by atoms with Crippen LogP contribution in [0.25, 0.3) is 22.0 Å². The zero-order valence-corrected chi connectivity index (χ0v) is 17.4. The van der Waals surface area contributed by atoms with Crippen LogP contribution in [0.1, 0.15) is 11.1 Å². The highest BCUT2D eigenvalue weighted by atomic mass is 16.5. The number of anilines is 1. The second-order valence-corrected chi connectivity index (χ2v) is 7.58. The maximum absolute atomic E-state index is 10.9. The summed E-state index contributed by atoms with van der Waals surface area (Å²) in [6.07, 6.45) is 0.993. The second-order valence-electron chi connectivity index (χ2n) is 7.58. The van der Waals surface area contributed by atoms with Crippen molar-refractivity contribution in [2.24, 2.45) is 5.73 Å². The van der Waals surface area contributed by atoms with Crippen LogP contribution in [0.4, 0.5) is 5.95 Å². The molecule has 7 heteroatoms. The number of ether oxygens (including phenoxy) is 1. The molecule has 7 nitrogen and oxygen atoms in total. The summed E-state index contributed by atoms with van der Waals surface area (Å²) in [4.78, 5) is 19.4. The molecule has 0 saturated heterocycles. The predicted octanol–water partition coefficient (Wildman–Crippen LogP) is 3.45. The number of benzene rings is 3. The average Bonchev–Trinajstić information content (AvgIpc) is 2.79. The lowest BCUT2D eigenvalue weighted by Gasteiger charge is -2.10. The Hall–Kier alpha value is -3.97. The molecule has 0 bridgehead atoms. The van der Waals surface area contributed by atoms with Crippen molar-refractivity contribution in [2.75, 3.05) is 12.3 Å². The van der Waals surface area contributed by atoms with Crippen molar-refractivity contribution in [3.05, 3.63) is 83.9 Å². The van der Waals surface area contributed by atoms with Gasteiger partial charge in [0.2, 0.25) is 11.8 Å². The summed E-state index contributed by atoms with van der Waals surface area (Å²) >= 11 is 0. The summed E-state index contributed by atoms with van der Waals surface area (Å²) < 4.78 is 5.85. The third kappa shape index (κ3) is 5.19. The van der Waals surface area contributed by atoms with Gasteiger partial charge in [0.1, 0.15) is 6.04 Å². The molecule has 0 saturated carbocycles. The highest BCUT2D eigenvalue weighted by Crippen LogP contribution is 2.23. The van der Waals surface area contributed by atoms with Gasteiger partial charge in [-0.25, -0.2) is 4.98 Å². The van der Waals surface area contributed by atoms with E-state index in [1.807, 2.05) is 36.4 Å². The van der Waals surface area contributed by atoms with Crippen LogP contribution < -0.4 is 16.2 Å². The number of nitrogen functional groups attached to an aromatic ring is 1. The van der Waals surface area contributed by atoms with E-state index in [4.69, 9.17) is 21.3 Å². The molecule has 0 radical (unpaired) electrons. The minimum atomic E-state index is -1.02. The van der Waals surface area contributed by atoms with E-state index < -0.39 is 12.0 Å². The van der Waals surface area contributed by atoms with Crippen LogP contribution in [-0.4, -0.2) is 33.7 Å². The van der Waals surface area contributed by atoms with Gasteiger partial charge in [-0.2, -0.15) is 4.98 Å². The number of aromatic nitrogens is 2. The number of hydrogen-bond acceptors (Lipinski definition) is 6. The van der Waals surface area contributed by atoms with Gasteiger partial charge in [-0.05, 0) is 28.3 Å². The van der Waals surface area contributed by atoms with E-state index in [1.165, 1.54) is 16.3 Å². The van der Waals surface area contributed by atoms with Gasteiger partial charge in [0.05, 0.1) is 12.3 Å². The molecule has 5 N–H and O–H groups in total. The third-order valence-electron chi connectivity index (χ3n) is 5.20. The van der Waals surface area contributed by atoms with E-state index in [-0.39, 0.29) is 12.4 Å². The number of nitrogens with two attached hydrogens (primary N) is 2. The van der Waals surface area contributed by atoms with Crippen molar-refractivity contribution < 1.29 is 14.6 Å². The molecule has 1 heterocycles. The lowest BCUT2D eigenvalue weighted by molar-refractivity contribution is -0.138. The average molecular weight is 428 g/mol. The van der Waals surface area contributed by atoms with E-state index in [9.17, 15) is 4.79 Å². The van der Waals surface area contributed by atoms with E-state index in [0.29, 0.717) is 18.2 Å². The first-order chi connectivity index (χ1) is 15.5. The van der Waals surface area contributed by atoms with Gasteiger partial charge in [-0.3, -0.25) is 4.79 Å². The molecule has 0 aliphatic carbocycles. The molecule has 1 aromatic heterocycles. The third-order valence-corrected chi connectivity index (χ3v) is 5.20. The van der Waals surface area contributed by atoms with Crippen molar-refractivity contribution >= 4 is 22.7 Å². The first-order valence-corrected chi connectivity index (χ1v) is 10.3. The van der Waals surface area contributed by atoms with Crippen LogP contribution in [0.15, 0.2) is 72.8 Å². The summed E-state index contributed by atoms with van der Waals surface area (Å²) in [5.74, 6) is -0.492. The molecule has 0 aliphatic rings. The Kier molecular flexibility index (Phi) is 6.28. The Labute approximate surface area is 185 Å². The van der Waals surface area contributed by atoms with Crippen LogP contribution in [0.2, 0.25) is 0 Å². The van der Waals surface area contributed by atoms with Crippen molar-refractivity contribution in [3.8, 4) is 17.1 Å². The van der Waals surface area contributed by atoms with Crippen molar-refractivity contribution in [2.45, 2.75) is 18.9 Å². The second kappa shape index (κ2) is 9.45. The molecule has 4 rings (SSSR count). The predicted molar refractivity (Wildman–Crippen MR) is 124 cm³/mol. The Morgan fingerprint density at radius 1 is 0.938 bits per heavy atom. The van der Waals surface area contributed by atoms with E-state index in [2.05, 4.69) is 40.3 Å². The molecule has 162 valence electrons. The molecule has 0 amide bonds. The first-order valence-electron chi connectivity index (χ1n) is 10.3. The Bertz CT molecular complexity index is 1240. The lowest BCUT2D eigenvalue weighted by Crippen LogP contribution is -2.32. The molecule has 0 aliphatic heterocycles. The minimum Gasteiger partial charge on any atom is -0.480 e. The molecule has 4 aromatic rings. The fourth-order valence-corrected chi connectivity index (χ4v) is 3.49. The highest BCUT2D eigenvalue weighted by molar-refractivity contribution is 5.83. The summed E-state index contributed by atoms with van der Waals surface area (Å²) in [7, 11) is 0. The number of rotatable bonds is 8. The van der Waals surface area contributed by atoms with Crippen LogP contribution in [0.3, 0.4) is 0 Å². The summed E-state index contributed by atoms with van der Waals surface area (Å²) in [6, 6.07) is 22.8. The minimum absolute atomic E-state index is 0.125. The zero-order valence-electron chi connectivity index (χ0n) is 17.4. The molecule has 3 aromatic carbocycles. The number of carboxylic acids is 1. The number of aliphatic carboxylic acids is 1. The fourth-order valence-electron chi connectivity index (χ4n) is 3.49. The van der Waals surface area contributed by atoms with Crippen LogP contribution >= 0.6 is 0 Å². The molecule has 1 atom stereocenters. The number of hydrogen-bond donors (Lipinski definition) is 3. The molecule has 0 unspecified atom stereocenters. The topological polar surface area (TPSA) is 124 Å². The van der Waals surface area contributed by atoms with Gasteiger partial charge in [-0.15, -0.1) is 0 Å². The van der Waals surface area contributed by atoms with E-state index in [0.717, 1.165) is 17.5 Å². The molecule has 0 spiro atoms. The molecule has 0 fully saturated rings. The highest BCUT2D eigenvalue weighted by Gasteiger charge is 2.12. The van der Waals surface area contributed by atoms with Gasteiger partial charge in [0, 0.05) is 18.1 Å². The monoisotopic (exact) mass is 428 g/mol. The number of carboxylic acid groups (broad SMARTS) is 1. The summed E-state index contributed by atoms with van der Waals surface area (Å²) in [5, 5.41) is 11.4. The van der Waals surface area contributed by atoms with Crippen molar-refractivity contribution in [3.63, 3.8) is 0 Å². The van der Waals surface area contributed by atoms with Crippen molar-refractivity contribution in [1.82, 2.24) is 9.97 Å². The van der Waals surface area contributed by atoms with Crippen LogP contribution in [0.5, 0.6) is 5.88 Å². The normalized spacial score (nSPS) is 11.9. The Morgan fingerprint density at radius 3 is 2.41 bits per heavy atom. The standard InChI is InChI=1S/C25H24N4O3/c26-21(24(30)31)14-16-6-9-19(10-7-16)22-15-23(29-25(27)28-22)32-12-11-17-5-8-18-3-1-2-4-20(18)13-17/h1-10,13,15,21H,11-12,14,26H2,(H,30,31)(H2,27,28,29)/t21-/m0/s1. The van der Waals surface area contributed by atoms with Gasteiger partial charge >= 0.3 is 5.97 Å². The van der Waals surface area contributed by atoms with Crippen LogP contribution in [0, 0.1) is 0 Å². The maximum atomic E-state index is 10.9. The Balaban J connectivity index is 1.42. The fraction of sp³-hybridized carbons (Fsp3) is 0.160. The number of carbonyl (C=O) groups is 1. The van der Waals surface area contributed by atoms with Crippen LogP contribution in [-0.2, 0) is 17.6 Å². The largest absolute Gasteiger partial charge is 0.480 e. The smallest absolute Gasteiger partial charge is 0.320 e. The number of nitrogens with zero attached hydrogens (tertiary/aromatic N) is 2. The lowest BCUT2D eigenvalue weighted by atomic mass is 10.0. The zero-order chi connectivity index (χ0) is 22.5. The number of fused-ring (bicyclic) bond motifs is 1. The van der Waals surface area contributed by atoms with Crippen molar-refractivity contribution in [1.29, 1.82) is 0 Å². The summed E-state index contributed by atoms with van der Waals surface area (Å²) in [6.45, 7) is 0.459. The molecule has 32 heavy (non-hydrogen) atoms. The van der Waals surface area contributed by atoms with Gasteiger partial charge in [0.15, 0.2) is 0 Å². The first kappa shape index (κ1) is 21.3. The molecular weight excluding hydrogens is 404 g/mol. The Morgan fingerprint density at radius 2 is 1.66 bits per heavy atom. The van der Waals surface area contributed by atoms with Gasteiger partial charge in [-0.1, -0.05) is 66.7 Å². The van der Waals surface area contributed by atoms with E-state index >= 15 is 0 Å². The maximum Gasteiger partial charge on any atom is 0.320 e. The van der Waals surface area contributed by atoms with Gasteiger partial charge < -0.3 is 21.3 Å². The molecular formula is C25H24N4O3. The SMILES string of the molecule is Nc1nc(OCCc2ccc3ccccc3c2)cc(-c2ccc(C[C@H](N)C(=O)O)cc2)n1. The van der Waals surface area contributed by atoms with Gasteiger partial charge in [0.25, 0.3) is 0 Å². The quantitative estimate of drug-likeness (QED) is 0.392. The van der Waals surface area contributed by atoms with E-state index in [1.54, 1.807) is 6.07 Å².